The molecule has 3 aromatic rings. The Morgan fingerprint density at radius 2 is 1.64 bits per heavy atom. The molecule has 0 N–H and O–H groups in total. The summed E-state index contributed by atoms with van der Waals surface area (Å²) in [5, 5.41) is 0. The summed E-state index contributed by atoms with van der Waals surface area (Å²) in [5.41, 5.74) is 3.32. The standard InChI is InChI=1S/C21H21N5O2/c1-28-19-5-3-18(4-6-19)25-8-10-26(11-9-25)21(27)16-2-7-20(24-14-16)17-12-22-15-23-13-17/h2-7,12-15H,8-11H2,1H3. The van der Waals surface area contributed by atoms with E-state index in [1.807, 2.05) is 41.3 Å². The van der Waals surface area contributed by atoms with E-state index in [0.717, 1.165) is 35.8 Å². The van der Waals surface area contributed by atoms with Gasteiger partial charge in [0.15, 0.2) is 0 Å². The number of aromatic nitrogens is 3. The van der Waals surface area contributed by atoms with Crippen LogP contribution in [-0.2, 0) is 0 Å². The van der Waals surface area contributed by atoms with Gasteiger partial charge in [-0.25, -0.2) is 9.97 Å². The summed E-state index contributed by atoms with van der Waals surface area (Å²) >= 11 is 0. The summed E-state index contributed by atoms with van der Waals surface area (Å²) in [7, 11) is 1.66. The molecule has 0 aliphatic carbocycles. The van der Waals surface area contributed by atoms with Crippen LogP contribution in [0.1, 0.15) is 10.4 Å². The molecule has 2 aromatic heterocycles. The van der Waals surface area contributed by atoms with Crippen LogP contribution in [0.5, 0.6) is 5.75 Å². The van der Waals surface area contributed by atoms with Crippen LogP contribution in [0.25, 0.3) is 11.3 Å². The summed E-state index contributed by atoms with van der Waals surface area (Å²) in [6.45, 7) is 2.95. The van der Waals surface area contributed by atoms with E-state index in [1.54, 1.807) is 25.7 Å². The molecular formula is C21H21N5O2. The first-order valence-corrected chi connectivity index (χ1v) is 9.14. The van der Waals surface area contributed by atoms with Crippen molar-refractivity contribution >= 4 is 11.6 Å². The van der Waals surface area contributed by atoms with Crippen LogP contribution < -0.4 is 9.64 Å². The van der Waals surface area contributed by atoms with Crippen molar-refractivity contribution in [3.05, 3.63) is 66.9 Å². The molecule has 142 valence electrons. The van der Waals surface area contributed by atoms with E-state index >= 15 is 0 Å². The summed E-state index contributed by atoms with van der Waals surface area (Å²) in [4.78, 5) is 29.3. The predicted octanol–water partition coefficient (Wildman–Crippen LogP) is 2.51. The van der Waals surface area contributed by atoms with Gasteiger partial charge < -0.3 is 14.5 Å². The number of rotatable bonds is 4. The zero-order valence-electron chi connectivity index (χ0n) is 15.7. The molecule has 0 spiro atoms. The van der Waals surface area contributed by atoms with Gasteiger partial charge in [-0.15, -0.1) is 0 Å². The van der Waals surface area contributed by atoms with Gasteiger partial charge in [-0.2, -0.15) is 0 Å². The molecule has 1 aliphatic heterocycles. The lowest BCUT2D eigenvalue weighted by Gasteiger charge is -2.36. The minimum atomic E-state index is 0.0118. The number of ether oxygens (including phenoxy) is 1. The van der Waals surface area contributed by atoms with E-state index < -0.39 is 0 Å². The van der Waals surface area contributed by atoms with Crippen LogP contribution in [0.3, 0.4) is 0 Å². The number of carbonyl (C=O) groups excluding carboxylic acids is 1. The van der Waals surface area contributed by atoms with Crippen molar-refractivity contribution in [1.82, 2.24) is 19.9 Å². The highest BCUT2D eigenvalue weighted by Gasteiger charge is 2.22. The number of pyridine rings is 1. The van der Waals surface area contributed by atoms with Gasteiger partial charge in [-0.05, 0) is 36.4 Å². The molecule has 0 unspecified atom stereocenters. The summed E-state index contributed by atoms with van der Waals surface area (Å²) in [5.74, 6) is 0.855. The van der Waals surface area contributed by atoms with Gasteiger partial charge in [-0.1, -0.05) is 0 Å². The molecule has 1 amide bonds. The highest BCUT2D eigenvalue weighted by atomic mass is 16.5. The molecule has 1 aromatic carbocycles. The van der Waals surface area contributed by atoms with Gasteiger partial charge in [0.25, 0.3) is 5.91 Å². The molecule has 7 nitrogen and oxygen atoms in total. The maximum absolute atomic E-state index is 12.8. The first kappa shape index (κ1) is 17.9. The van der Waals surface area contributed by atoms with Gasteiger partial charge in [0.2, 0.25) is 0 Å². The second kappa shape index (κ2) is 8.04. The van der Waals surface area contributed by atoms with E-state index in [0.29, 0.717) is 18.7 Å². The number of amides is 1. The molecule has 0 saturated carbocycles. The van der Waals surface area contributed by atoms with Crippen molar-refractivity contribution in [2.75, 3.05) is 38.2 Å². The third kappa shape index (κ3) is 3.78. The SMILES string of the molecule is COc1ccc(N2CCN(C(=O)c3ccc(-c4cncnc4)nc3)CC2)cc1. The Hall–Kier alpha value is -3.48. The Kier molecular flexibility index (Phi) is 5.14. The quantitative estimate of drug-likeness (QED) is 0.698. The molecule has 0 radical (unpaired) electrons. The van der Waals surface area contributed by atoms with Gasteiger partial charge in [0.1, 0.15) is 12.1 Å². The smallest absolute Gasteiger partial charge is 0.255 e. The number of nitrogens with zero attached hydrogens (tertiary/aromatic N) is 5. The molecule has 0 atom stereocenters. The van der Waals surface area contributed by atoms with Crippen LogP contribution in [0.2, 0.25) is 0 Å². The van der Waals surface area contributed by atoms with Gasteiger partial charge in [-0.3, -0.25) is 9.78 Å². The van der Waals surface area contributed by atoms with Gasteiger partial charge in [0, 0.05) is 56.0 Å². The van der Waals surface area contributed by atoms with E-state index in [4.69, 9.17) is 4.74 Å². The Balaban J connectivity index is 1.38. The van der Waals surface area contributed by atoms with E-state index in [2.05, 4.69) is 19.9 Å². The monoisotopic (exact) mass is 375 g/mol. The van der Waals surface area contributed by atoms with Crippen molar-refractivity contribution < 1.29 is 9.53 Å². The number of carbonyl (C=O) groups is 1. The normalized spacial score (nSPS) is 14.0. The van der Waals surface area contributed by atoms with Crippen LogP contribution in [0.15, 0.2) is 61.3 Å². The summed E-state index contributed by atoms with van der Waals surface area (Å²) < 4.78 is 5.21. The minimum Gasteiger partial charge on any atom is -0.497 e. The molecular weight excluding hydrogens is 354 g/mol. The molecule has 28 heavy (non-hydrogen) atoms. The summed E-state index contributed by atoms with van der Waals surface area (Å²) in [6.07, 6.45) is 6.51. The lowest BCUT2D eigenvalue weighted by molar-refractivity contribution is 0.0746. The van der Waals surface area contributed by atoms with Crippen LogP contribution in [-0.4, -0.2) is 59.0 Å². The fourth-order valence-electron chi connectivity index (χ4n) is 3.27. The maximum Gasteiger partial charge on any atom is 0.255 e. The van der Waals surface area contributed by atoms with Crippen molar-refractivity contribution in [1.29, 1.82) is 0 Å². The van der Waals surface area contributed by atoms with Crippen molar-refractivity contribution in [2.24, 2.45) is 0 Å². The fraction of sp³-hybridized carbons (Fsp3) is 0.238. The third-order valence-corrected chi connectivity index (χ3v) is 4.87. The molecule has 1 saturated heterocycles. The molecule has 4 rings (SSSR count). The van der Waals surface area contributed by atoms with E-state index in [1.165, 1.54) is 6.33 Å². The zero-order valence-corrected chi connectivity index (χ0v) is 15.7. The number of hydrogen-bond acceptors (Lipinski definition) is 6. The van der Waals surface area contributed by atoms with Crippen LogP contribution in [0.4, 0.5) is 5.69 Å². The lowest BCUT2D eigenvalue weighted by atomic mass is 10.1. The molecule has 1 aliphatic rings. The predicted molar refractivity (Wildman–Crippen MR) is 106 cm³/mol. The second-order valence-electron chi connectivity index (χ2n) is 6.54. The van der Waals surface area contributed by atoms with Gasteiger partial charge in [0.05, 0.1) is 18.4 Å². The third-order valence-electron chi connectivity index (χ3n) is 4.87. The Morgan fingerprint density at radius 1 is 0.929 bits per heavy atom. The minimum absolute atomic E-state index is 0.0118. The lowest BCUT2D eigenvalue weighted by Crippen LogP contribution is -2.48. The number of benzene rings is 1. The highest BCUT2D eigenvalue weighted by molar-refractivity contribution is 5.94. The molecule has 3 heterocycles. The zero-order chi connectivity index (χ0) is 19.3. The molecule has 1 fully saturated rings. The van der Waals surface area contributed by atoms with Crippen molar-refractivity contribution in [2.45, 2.75) is 0 Å². The number of anilines is 1. The van der Waals surface area contributed by atoms with Crippen molar-refractivity contribution in [3.63, 3.8) is 0 Å². The average molecular weight is 375 g/mol. The first-order chi connectivity index (χ1) is 13.7. The average Bonchev–Trinajstić information content (AvgIpc) is 2.79. The fourth-order valence-corrected chi connectivity index (χ4v) is 3.27. The Morgan fingerprint density at radius 3 is 2.25 bits per heavy atom. The van der Waals surface area contributed by atoms with Gasteiger partial charge >= 0.3 is 0 Å². The summed E-state index contributed by atoms with van der Waals surface area (Å²) in [6, 6.07) is 11.7. The number of piperazine rings is 1. The molecule has 0 bridgehead atoms. The number of methoxy groups -OCH3 is 1. The van der Waals surface area contributed by atoms with Crippen LogP contribution in [0, 0.1) is 0 Å². The Labute approximate surface area is 163 Å². The molecule has 7 heteroatoms. The van der Waals surface area contributed by atoms with Crippen LogP contribution >= 0.6 is 0 Å². The van der Waals surface area contributed by atoms with E-state index in [-0.39, 0.29) is 5.91 Å². The Bertz CT molecular complexity index is 921. The topological polar surface area (TPSA) is 71.5 Å². The highest BCUT2D eigenvalue weighted by Crippen LogP contribution is 2.21. The number of hydrogen-bond donors (Lipinski definition) is 0. The first-order valence-electron chi connectivity index (χ1n) is 9.14. The van der Waals surface area contributed by atoms with Crippen molar-refractivity contribution in [3.8, 4) is 17.0 Å². The largest absolute Gasteiger partial charge is 0.497 e. The van der Waals surface area contributed by atoms with E-state index in [9.17, 15) is 4.79 Å². The second-order valence-corrected chi connectivity index (χ2v) is 6.54. The maximum atomic E-state index is 12.8.